The number of methoxy groups -OCH3 is 1. The van der Waals surface area contributed by atoms with Crippen LogP contribution in [0, 0.1) is 6.92 Å². The topological polar surface area (TPSA) is 82.5 Å². The van der Waals surface area contributed by atoms with Crippen molar-refractivity contribution in [2.45, 2.75) is 13.8 Å². The Labute approximate surface area is 185 Å². The van der Waals surface area contributed by atoms with E-state index in [-0.39, 0.29) is 11.3 Å². The van der Waals surface area contributed by atoms with E-state index < -0.39 is 5.91 Å². The van der Waals surface area contributed by atoms with Gasteiger partial charge in [0.1, 0.15) is 11.5 Å². The summed E-state index contributed by atoms with van der Waals surface area (Å²) in [6.07, 6.45) is 0. The van der Waals surface area contributed by atoms with E-state index in [1.54, 1.807) is 61.7 Å². The number of amides is 1. The van der Waals surface area contributed by atoms with E-state index in [1.807, 2.05) is 26.0 Å². The first-order chi connectivity index (χ1) is 15.5. The first-order valence-electron chi connectivity index (χ1n) is 10.2. The second kappa shape index (κ2) is 8.93. The standard InChI is InChI=1S/C25H23N3O4/c1-4-32-18-12-10-17(11-13-18)28-25(30)20-8-6-5-7-19(20)23(27-28)24(29)26-21-15-16(2)9-14-22(21)31-3/h5-15H,4H2,1-3H3,(H,26,29). The molecule has 1 heterocycles. The minimum atomic E-state index is -0.440. The normalized spacial score (nSPS) is 10.7. The van der Waals surface area contributed by atoms with Crippen LogP contribution in [0.15, 0.2) is 71.5 Å². The number of hydrogen-bond acceptors (Lipinski definition) is 5. The molecular formula is C25H23N3O4. The fraction of sp³-hybridized carbons (Fsp3) is 0.160. The molecule has 32 heavy (non-hydrogen) atoms. The van der Waals surface area contributed by atoms with Crippen molar-refractivity contribution in [3.8, 4) is 17.2 Å². The quantitative estimate of drug-likeness (QED) is 0.493. The number of ether oxygens (including phenoxy) is 2. The van der Waals surface area contributed by atoms with E-state index >= 15 is 0 Å². The molecular weight excluding hydrogens is 406 g/mol. The predicted octanol–water partition coefficient (Wildman–Crippen LogP) is 4.35. The molecule has 3 aromatic carbocycles. The van der Waals surface area contributed by atoms with Crippen LogP contribution in [0.3, 0.4) is 0 Å². The van der Waals surface area contributed by atoms with Crippen LogP contribution in [0.5, 0.6) is 11.5 Å². The van der Waals surface area contributed by atoms with E-state index in [9.17, 15) is 9.59 Å². The van der Waals surface area contributed by atoms with Crippen molar-refractivity contribution in [2.24, 2.45) is 0 Å². The van der Waals surface area contributed by atoms with Gasteiger partial charge in [-0.05, 0) is 61.9 Å². The lowest BCUT2D eigenvalue weighted by Crippen LogP contribution is -2.26. The third kappa shape index (κ3) is 4.05. The van der Waals surface area contributed by atoms with E-state index in [0.717, 1.165) is 5.56 Å². The Bertz CT molecular complexity index is 1340. The summed E-state index contributed by atoms with van der Waals surface area (Å²) < 4.78 is 12.1. The first kappa shape index (κ1) is 21.1. The summed E-state index contributed by atoms with van der Waals surface area (Å²) in [5.41, 5.74) is 1.86. The number of aryl methyl sites for hydroxylation is 1. The Morgan fingerprint density at radius 2 is 1.75 bits per heavy atom. The van der Waals surface area contributed by atoms with E-state index in [4.69, 9.17) is 9.47 Å². The summed E-state index contributed by atoms with van der Waals surface area (Å²) in [4.78, 5) is 26.4. The molecule has 7 heteroatoms. The van der Waals surface area contributed by atoms with E-state index in [1.165, 1.54) is 4.68 Å². The van der Waals surface area contributed by atoms with Crippen molar-refractivity contribution in [3.05, 3.63) is 88.3 Å². The highest BCUT2D eigenvalue weighted by Crippen LogP contribution is 2.26. The van der Waals surface area contributed by atoms with Crippen molar-refractivity contribution in [3.63, 3.8) is 0 Å². The molecule has 0 unspecified atom stereocenters. The summed E-state index contributed by atoms with van der Waals surface area (Å²) in [5.74, 6) is 0.785. The van der Waals surface area contributed by atoms with E-state index in [0.29, 0.717) is 40.3 Å². The van der Waals surface area contributed by atoms with Gasteiger partial charge in [0.05, 0.1) is 30.5 Å². The molecule has 0 bridgehead atoms. The monoisotopic (exact) mass is 429 g/mol. The lowest BCUT2D eigenvalue weighted by molar-refractivity contribution is 0.102. The number of nitrogens with zero attached hydrogens (tertiary/aromatic N) is 2. The second-order valence-electron chi connectivity index (χ2n) is 7.20. The second-order valence-corrected chi connectivity index (χ2v) is 7.20. The lowest BCUT2D eigenvalue weighted by atomic mass is 10.1. The Morgan fingerprint density at radius 3 is 2.44 bits per heavy atom. The molecule has 1 amide bonds. The molecule has 0 aliphatic carbocycles. The zero-order valence-corrected chi connectivity index (χ0v) is 18.1. The van der Waals surface area contributed by atoms with Crippen LogP contribution in [0.2, 0.25) is 0 Å². The van der Waals surface area contributed by atoms with Crippen LogP contribution < -0.4 is 20.3 Å². The van der Waals surface area contributed by atoms with Gasteiger partial charge in [-0.3, -0.25) is 9.59 Å². The molecule has 7 nitrogen and oxygen atoms in total. The highest BCUT2D eigenvalue weighted by molar-refractivity contribution is 6.11. The van der Waals surface area contributed by atoms with Crippen molar-refractivity contribution in [1.82, 2.24) is 9.78 Å². The minimum absolute atomic E-state index is 0.137. The molecule has 4 rings (SSSR count). The van der Waals surface area contributed by atoms with Gasteiger partial charge < -0.3 is 14.8 Å². The van der Waals surface area contributed by atoms with Gasteiger partial charge in [0, 0.05) is 5.39 Å². The Kier molecular flexibility index (Phi) is 5.89. The maximum atomic E-state index is 13.3. The summed E-state index contributed by atoms with van der Waals surface area (Å²) in [6, 6.07) is 19.4. The summed E-state index contributed by atoms with van der Waals surface area (Å²) in [5, 5.41) is 8.18. The fourth-order valence-corrected chi connectivity index (χ4v) is 3.48. The van der Waals surface area contributed by atoms with Crippen LogP contribution >= 0.6 is 0 Å². The molecule has 0 aliphatic rings. The third-order valence-electron chi connectivity index (χ3n) is 5.02. The maximum absolute atomic E-state index is 13.3. The average Bonchev–Trinajstić information content (AvgIpc) is 2.80. The summed E-state index contributed by atoms with van der Waals surface area (Å²) in [6.45, 7) is 4.37. The minimum Gasteiger partial charge on any atom is -0.495 e. The van der Waals surface area contributed by atoms with Gasteiger partial charge in [0.15, 0.2) is 5.69 Å². The van der Waals surface area contributed by atoms with Crippen molar-refractivity contribution < 1.29 is 14.3 Å². The van der Waals surface area contributed by atoms with Gasteiger partial charge in [-0.15, -0.1) is 0 Å². The van der Waals surface area contributed by atoms with Gasteiger partial charge in [0.25, 0.3) is 11.5 Å². The Morgan fingerprint density at radius 1 is 1.03 bits per heavy atom. The zero-order chi connectivity index (χ0) is 22.7. The fourth-order valence-electron chi connectivity index (χ4n) is 3.48. The smallest absolute Gasteiger partial charge is 0.279 e. The number of hydrogen-bond donors (Lipinski definition) is 1. The molecule has 0 fully saturated rings. The van der Waals surface area contributed by atoms with Crippen molar-refractivity contribution in [2.75, 3.05) is 19.0 Å². The highest BCUT2D eigenvalue weighted by atomic mass is 16.5. The first-order valence-corrected chi connectivity index (χ1v) is 10.2. The van der Waals surface area contributed by atoms with Gasteiger partial charge in [-0.1, -0.05) is 24.3 Å². The Hall–Kier alpha value is -4.13. The predicted molar refractivity (Wildman–Crippen MR) is 124 cm³/mol. The molecule has 0 saturated carbocycles. The van der Waals surface area contributed by atoms with E-state index in [2.05, 4.69) is 10.4 Å². The van der Waals surface area contributed by atoms with Crippen LogP contribution in [0.4, 0.5) is 5.69 Å². The van der Waals surface area contributed by atoms with Crippen LogP contribution in [0.25, 0.3) is 16.5 Å². The van der Waals surface area contributed by atoms with Crippen LogP contribution in [-0.4, -0.2) is 29.4 Å². The molecule has 162 valence electrons. The number of aromatic nitrogens is 2. The molecule has 0 radical (unpaired) electrons. The number of benzene rings is 3. The number of rotatable bonds is 6. The SMILES string of the molecule is CCOc1ccc(-n2nc(C(=O)Nc3cc(C)ccc3OC)c3ccccc3c2=O)cc1. The van der Waals surface area contributed by atoms with Crippen LogP contribution in [0.1, 0.15) is 23.0 Å². The molecule has 4 aromatic rings. The maximum Gasteiger partial charge on any atom is 0.279 e. The number of anilines is 1. The highest BCUT2D eigenvalue weighted by Gasteiger charge is 2.19. The molecule has 1 N–H and O–H groups in total. The number of fused-ring (bicyclic) bond motifs is 1. The molecule has 1 aromatic heterocycles. The van der Waals surface area contributed by atoms with Crippen LogP contribution in [-0.2, 0) is 0 Å². The lowest BCUT2D eigenvalue weighted by Gasteiger charge is -2.14. The summed E-state index contributed by atoms with van der Waals surface area (Å²) >= 11 is 0. The largest absolute Gasteiger partial charge is 0.495 e. The van der Waals surface area contributed by atoms with Gasteiger partial charge >= 0.3 is 0 Å². The Balaban J connectivity index is 1.82. The number of nitrogens with one attached hydrogen (secondary N) is 1. The number of carbonyl (C=O) groups is 1. The van der Waals surface area contributed by atoms with Crippen molar-refractivity contribution in [1.29, 1.82) is 0 Å². The molecule has 0 aliphatic heterocycles. The molecule has 0 spiro atoms. The molecule has 0 saturated heterocycles. The summed E-state index contributed by atoms with van der Waals surface area (Å²) in [7, 11) is 1.54. The molecule has 0 atom stereocenters. The average molecular weight is 429 g/mol. The van der Waals surface area contributed by atoms with Gasteiger partial charge in [-0.2, -0.15) is 9.78 Å². The van der Waals surface area contributed by atoms with Gasteiger partial charge in [0.2, 0.25) is 0 Å². The number of carbonyl (C=O) groups excluding carboxylic acids is 1. The third-order valence-corrected chi connectivity index (χ3v) is 5.02. The van der Waals surface area contributed by atoms with Gasteiger partial charge in [-0.25, -0.2) is 0 Å². The van der Waals surface area contributed by atoms with Crippen molar-refractivity contribution >= 4 is 22.4 Å². The zero-order valence-electron chi connectivity index (χ0n) is 18.1.